The fourth-order valence-corrected chi connectivity index (χ4v) is 6.67. The molecule has 1 unspecified atom stereocenters. The van der Waals surface area contributed by atoms with E-state index in [-0.39, 0.29) is 28.6 Å². The van der Waals surface area contributed by atoms with Gasteiger partial charge in [-0.25, -0.2) is 12.8 Å². The number of carbonyl (C=O) groups is 1. The Morgan fingerprint density at radius 2 is 1.74 bits per heavy atom. The summed E-state index contributed by atoms with van der Waals surface area (Å²) in [5, 5.41) is 0. The molecule has 0 spiro atoms. The van der Waals surface area contributed by atoms with Crippen LogP contribution in [0.5, 0.6) is 11.5 Å². The third kappa shape index (κ3) is 4.63. The molecule has 1 atom stereocenters. The molecule has 2 aromatic rings. The lowest BCUT2D eigenvalue weighted by Gasteiger charge is -2.34. The standard InChI is InChI=1S/C25H29FN2O5S/c26-20-4-1-3-18(15-20)16-21-5-2-10-28(21)25(29)19-8-11-27(12-9-19)34(30,31)22-6-7-23-24(17-22)33-14-13-32-23/h1,3-4,6-7,15,17,19,21H,2,5,8-14,16H2. The van der Waals surface area contributed by atoms with Crippen LogP contribution in [0.1, 0.15) is 31.2 Å². The van der Waals surface area contributed by atoms with Crippen molar-refractivity contribution in [2.45, 2.75) is 43.0 Å². The normalized spacial score (nSPS) is 21.6. The summed E-state index contributed by atoms with van der Waals surface area (Å²) in [6, 6.07) is 11.3. The Hall–Kier alpha value is -2.65. The summed E-state index contributed by atoms with van der Waals surface area (Å²) in [6.07, 6.45) is 3.46. The van der Waals surface area contributed by atoms with Crippen LogP contribution in [0.4, 0.5) is 4.39 Å². The molecule has 0 radical (unpaired) electrons. The molecule has 3 aliphatic rings. The molecule has 2 fully saturated rings. The van der Waals surface area contributed by atoms with Crippen LogP contribution in [-0.2, 0) is 21.2 Å². The quantitative estimate of drug-likeness (QED) is 0.646. The first-order chi connectivity index (χ1) is 16.4. The van der Waals surface area contributed by atoms with E-state index in [4.69, 9.17) is 9.47 Å². The predicted octanol–water partition coefficient (Wildman–Crippen LogP) is 3.23. The van der Waals surface area contributed by atoms with Crippen LogP contribution in [0.15, 0.2) is 47.4 Å². The minimum absolute atomic E-state index is 0.0637. The van der Waals surface area contributed by atoms with Gasteiger partial charge in [-0.1, -0.05) is 12.1 Å². The van der Waals surface area contributed by atoms with E-state index in [0.29, 0.717) is 63.6 Å². The molecule has 2 saturated heterocycles. The van der Waals surface area contributed by atoms with Gasteiger partial charge in [0.25, 0.3) is 0 Å². The molecule has 182 valence electrons. The summed E-state index contributed by atoms with van der Waals surface area (Å²) in [4.78, 5) is 15.4. The number of nitrogens with zero attached hydrogens (tertiary/aromatic N) is 2. The zero-order valence-corrected chi connectivity index (χ0v) is 19.8. The molecule has 3 heterocycles. The number of fused-ring (bicyclic) bond motifs is 1. The van der Waals surface area contributed by atoms with Gasteiger partial charge < -0.3 is 14.4 Å². The van der Waals surface area contributed by atoms with E-state index < -0.39 is 10.0 Å². The maximum absolute atomic E-state index is 13.6. The van der Waals surface area contributed by atoms with Gasteiger partial charge in [-0.3, -0.25) is 4.79 Å². The minimum atomic E-state index is -3.68. The third-order valence-corrected chi connectivity index (χ3v) is 8.87. The summed E-state index contributed by atoms with van der Waals surface area (Å²) >= 11 is 0. The third-order valence-electron chi connectivity index (χ3n) is 6.98. The van der Waals surface area contributed by atoms with Crippen molar-refractivity contribution in [2.75, 3.05) is 32.8 Å². The molecule has 1 amide bonds. The maximum Gasteiger partial charge on any atom is 0.243 e. The number of likely N-dealkylation sites (tertiary alicyclic amines) is 1. The first-order valence-electron chi connectivity index (χ1n) is 11.9. The first kappa shape index (κ1) is 23.1. The first-order valence-corrected chi connectivity index (χ1v) is 13.3. The van der Waals surface area contributed by atoms with Crippen molar-refractivity contribution in [3.63, 3.8) is 0 Å². The molecule has 0 N–H and O–H groups in total. The Balaban J connectivity index is 1.22. The van der Waals surface area contributed by atoms with Crippen molar-refractivity contribution in [1.29, 1.82) is 0 Å². The molecule has 0 saturated carbocycles. The number of hydrogen-bond acceptors (Lipinski definition) is 5. The van der Waals surface area contributed by atoms with Crippen molar-refractivity contribution in [3.05, 3.63) is 53.8 Å². The SMILES string of the molecule is O=C(C1CCN(S(=O)(=O)c2ccc3c(c2)OCCO3)CC1)N1CCCC1Cc1cccc(F)c1. The van der Waals surface area contributed by atoms with Crippen molar-refractivity contribution in [1.82, 2.24) is 9.21 Å². The van der Waals surface area contributed by atoms with E-state index in [0.717, 1.165) is 18.4 Å². The lowest BCUT2D eigenvalue weighted by Crippen LogP contribution is -2.46. The lowest BCUT2D eigenvalue weighted by molar-refractivity contribution is -0.137. The molecule has 2 aromatic carbocycles. The second kappa shape index (κ2) is 9.54. The molecule has 0 aliphatic carbocycles. The van der Waals surface area contributed by atoms with Crippen molar-refractivity contribution < 1.29 is 27.1 Å². The summed E-state index contributed by atoms with van der Waals surface area (Å²) in [5.41, 5.74) is 0.894. The van der Waals surface area contributed by atoms with Crippen molar-refractivity contribution >= 4 is 15.9 Å². The summed E-state index contributed by atoms with van der Waals surface area (Å²) in [6.45, 7) is 2.14. The van der Waals surface area contributed by atoms with Crippen LogP contribution < -0.4 is 9.47 Å². The van der Waals surface area contributed by atoms with Gasteiger partial charge in [0, 0.05) is 37.7 Å². The van der Waals surface area contributed by atoms with Crippen LogP contribution in [0.3, 0.4) is 0 Å². The molecule has 9 heteroatoms. The van der Waals surface area contributed by atoms with E-state index in [2.05, 4.69) is 0 Å². The van der Waals surface area contributed by atoms with Gasteiger partial charge in [0.2, 0.25) is 15.9 Å². The number of benzene rings is 2. The average Bonchev–Trinajstić information content (AvgIpc) is 3.31. The molecular weight excluding hydrogens is 459 g/mol. The topological polar surface area (TPSA) is 76.2 Å². The van der Waals surface area contributed by atoms with Gasteiger partial charge in [0.15, 0.2) is 11.5 Å². The molecule has 7 nitrogen and oxygen atoms in total. The van der Waals surface area contributed by atoms with Crippen LogP contribution in [0.2, 0.25) is 0 Å². The molecule has 0 aromatic heterocycles. The number of halogens is 1. The van der Waals surface area contributed by atoms with Crippen LogP contribution in [0, 0.1) is 11.7 Å². The Kier molecular flexibility index (Phi) is 6.48. The van der Waals surface area contributed by atoms with Gasteiger partial charge in [-0.2, -0.15) is 4.31 Å². The zero-order valence-electron chi connectivity index (χ0n) is 19.0. The van der Waals surface area contributed by atoms with E-state index in [9.17, 15) is 17.6 Å². The monoisotopic (exact) mass is 488 g/mol. The van der Waals surface area contributed by atoms with Crippen molar-refractivity contribution in [3.8, 4) is 11.5 Å². The summed E-state index contributed by atoms with van der Waals surface area (Å²) in [7, 11) is -3.68. The lowest BCUT2D eigenvalue weighted by atomic mass is 9.95. The number of ether oxygens (including phenoxy) is 2. The molecule has 34 heavy (non-hydrogen) atoms. The number of rotatable bonds is 5. The fourth-order valence-electron chi connectivity index (χ4n) is 5.18. The van der Waals surface area contributed by atoms with E-state index in [1.807, 2.05) is 11.0 Å². The van der Waals surface area contributed by atoms with E-state index in [1.54, 1.807) is 18.2 Å². The number of sulfonamides is 1. The second-order valence-corrected chi connectivity index (χ2v) is 11.1. The van der Waals surface area contributed by atoms with Gasteiger partial charge in [-0.05, 0) is 61.9 Å². The van der Waals surface area contributed by atoms with Crippen LogP contribution >= 0.6 is 0 Å². The summed E-state index contributed by atoms with van der Waals surface area (Å²) in [5.74, 6) is 0.624. The van der Waals surface area contributed by atoms with Crippen LogP contribution in [-0.4, -0.2) is 62.4 Å². The van der Waals surface area contributed by atoms with Gasteiger partial charge in [0.05, 0.1) is 4.90 Å². The Morgan fingerprint density at radius 1 is 0.971 bits per heavy atom. The smallest absolute Gasteiger partial charge is 0.243 e. The largest absolute Gasteiger partial charge is 0.486 e. The van der Waals surface area contributed by atoms with Gasteiger partial charge in [0.1, 0.15) is 19.0 Å². The Morgan fingerprint density at radius 3 is 2.50 bits per heavy atom. The highest BCUT2D eigenvalue weighted by atomic mass is 32.2. The molecule has 5 rings (SSSR count). The summed E-state index contributed by atoms with van der Waals surface area (Å²) < 4.78 is 52.4. The average molecular weight is 489 g/mol. The highest BCUT2D eigenvalue weighted by Crippen LogP contribution is 2.34. The highest BCUT2D eigenvalue weighted by Gasteiger charge is 2.37. The molecule has 3 aliphatic heterocycles. The van der Waals surface area contributed by atoms with E-state index in [1.165, 1.54) is 22.5 Å². The van der Waals surface area contributed by atoms with Crippen molar-refractivity contribution in [2.24, 2.45) is 5.92 Å². The van der Waals surface area contributed by atoms with Crippen LogP contribution in [0.25, 0.3) is 0 Å². The number of carbonyl (C=O) groups excluding carboxylic acids is 1. The zero-order chi connectivity index (χ0) is 23.7. The second-order valence-electron chi connectivity index (χ2n) is 9.15. The number of hydrogen-bond donors (Lipinski definition) is 0. The number of amides is 1. The number of piperidine rings is 1. The predicted molar refractivity (Wildman–Crippen MR) is 124 cm³/mol. The molecular formula is C25H29FN2O5S. The van der Waals surface area contributed by atoms with Gasteiger partial charge in [-0.15, -0.1) is 0 Å². The molecule has 0 bridgehead atoms. The minimum Gasteiger partial charge on any atom is -0.486 e. The van der Waals surface area contributed by atoms with E-state index >= 15 is 0 Å². The maximum atomic E-state index is 13.6. The fraction of sp³-hybridized carbons (Fsp3) is 0.480. The Bertz CT molecular complexity index is 1160. The van der Waals surface area contributed by atoms with Gasteiger partial charge >= 0.3 is 0 Å². The highest BCUT2D eigenvalue weighted by molar-refractivity contribution is 7.89. The Labute approximate surface area is 199 Å².